The fourth-order valence-electron chi connectivity index (χ4n) is 1.63. The summed E-state index contributed by atoms with van der Waals surface area (Å²) < 4.78 is 0.797. The highest BCUT2D eigenvalue weighted by Gasteiger charge is 2.19. The molecule has 1 heterocycles. The van der Waals surface area contributed by atoms with Crippen molar-refractivity contribution in [3.63, 3.8) is 0 Å². The number of benzene rings is 1. The Balaban J connectivity index is 2.35. The van der Waals surface area contributed by atoms with Crippen LogP contribution in [0.5, 0.6) is 5.75 Å². The van der Waals surface area contributed by atoms with E-state index in [1.807, 2.05) is 22.6 Å². The number of carbonyl (C=O) groups is 2. The number of phenols is 1. The smallest absolute Gasteiger partial charge is 0.348 e. The second kappa shape index (κ2) is 5.80. The summed E-state index contributed by atoms with van der Waals surface area (Å²) in [5.41, 5.74) is 1.05. The highest BCUT2D eigenvalue weighted by molar-refractivity contribution is 14.1. The number of carboxylic acids is 1. The number of hydrogen-bond acceptors (Lipinski definition) is 4. The highest BCUT2D eigenvalue weighted by atomic mass is 127. The van der Waals surface area contributed by atoms with Gasteiger partial charge in [0.1, 0.15) is 10.6 Å². The number of carboxylic acid groups (broad SMARTS) is 1. The van der Waals surface area contributed by atoms with Gasteiger partial charge in [-0.05, 0) is 58.7 Å². The molecular weight excluding hydrogens is 393 g/mol. The molecule has 3 N–H and O–H groups in total. The van der Waals surface area contributed by atoms with Crippen LogP contribution in [0.4, 0.5) is 5.69 Å². The van der Waals surface area contributed by atoms with Crippen molar-refractivity contribution in [1.29, 1.82) is 0 Å². The Labute approximate surface area is 132 Å². The Morgan fingerprint density at radius 2 is 2.05 bits per heavy atom. The normalized spacial score (nSPS) is 10.3. The van der Waals surface area contributed by atoms with Crippen LogP contribution in [-0.4, -0.2) is 22.1 Å². The fourth-order valence-corrected chi connectivity index (χ4v) is 2.96. The van der Waals surface area contributed by atoms with Gasteiger partial charge >= 0.3 is 5.97 Å². The lowest BCUT2D eigenvalue weighted by Gasteiger charge is -2.08. The van der Waals surface area contributed by atoms with E-state index >= 15 is 0 Å². The summed E-state index contributed by atoms with van der Waals surface area (Å²) in [5.74, 6) is -1.78. The number of halogens is 1. The van der Waals surface area contributed by atoms with Crippen molar-refractivity contribution in [3.05, 3.63) is 43.2 Å². The van der Waals surface area contributed by atoms with Crippen molar-refractivity contribution in [2.24, 2.45) is 0 Å². The number of nitrogens with one attached hydrogen (secondary N) is 1. The highest BCUT2D eigenvalue weighted by Crippen LogP contribution is 2.29. The minimum Gasteiger partial charge on any atom is -0.507 e. The van der Waals surface area contributed by atoms with Crippen LogP contribution in [0, 0.1) is 10.5 Å². The molecule has 0 saturated heterocycles. The summed E-state index contributed by atoms with van der Waals surface area (Å²) >= 11 is 3.08. The van der Waals surface area contributed by atoms with E-state index in [4.69, 9.17) is 5.11 Å². The molecule has 0 aliphatic carbocycles. The predicted octanol–water partition coefficient (Wildman–Crippen LogP) is 3.32. The van der Waals surface area contributed by atoms with Gasteiger partial charge in [0.25, 0.3) is 5.91 Å². The SMILES string of the molecule is Cc1csc(C(=O)O)c1NC(=O)c1cc(I)ccc1O. The van der Waals surface area contributed by atoms with E-state index in [0.717, 1.165) is 14.9 Å². The number of aryl methyl sites for hydroxylation is 1. The lowest BCUT2D eigenvalue weighted by molar-refractivity contribution is 0.0703. The summed E-state index contributed by atoms with van der Waals surface area (Å²) in [7, 11) is 0. The van der Waals surface area contributed by atoms with Gasteiger partial charge in [0.15, 0.2) is 0 Å². The van der Waals surface area contributed by atoms with Crippen LogP contribution < -0.4 is 5.32 Å². The van der Waals surface area contributed by atoms with Crippen molar-refractivity contribution in [3.8, 4) is 5.75 Å². The number of rotatable bonds is 3. The molecule has 2 aromatic rings. The standard InChI is InChI=1S/C13H10INO4S/c1-6-5-20-11(13(18)19)10(6)15-12(17)8-4-7(14)2-3-9(8)16/h2-5,16H,1H3,(H,15,17)(H,18,19). The third-order valence-electron chi connectivity index (χ3n) is 2.61. The molecule has 20 heavy (non-hydrogen) atoms. The van der Waals surface area contributed by atoms with E-state index in [0.29, 0.717) is 5.56 Å². The average molecular weight is 403 g/mol. The molecule has 0 aliphatic rings. The number of phenolic OH excluding ortho intramolecular Hbond substituents is 1. The van der Waals surface area contributed by atoms with Gasteiger partial charge in [-0.2, -0.15) is 0 Å². The van der Waals surface area contributed by atoms with Crippen molar-refractivity contribution >= 4 is 51.5 Å². The topological polar surface area (TPSA) is 86.6 Å². The number of aromatic carboxylic acids is 1. The molecule has 0 fully saturated rings. The summed E-state index contributed by atoms with van der Waals surface area (Å²) in [5, 5.41) is 23.0. The van der Waals surface area contributed by atoms with E-state index in [1.165, 1.54) is 12.1 Å². The molecule has 0 spiro atoms. The molecule has 0 unspecified atom stereocenters. The number of aromatic hydroxyl groups is 1. The van der Waals surface area contributed by atoms with Gasteiger partial charge in [0.05, 0.1) is 11.3 Å². The van der Waals surface area contributed by atoms with Gasteiger partial charge in [-0.3, -0.25) is 4.79 Å². The molecule has 2 rings (SSSR count). The second-order valence-corrected chi connectivity index (χ2v) is 6.17. The number of anilines is 1. The molecule has 0 radical (unpaired) electrons. The molecule has 5 nitrogen and oxygen atoms in total. The summed E-state index contributed by atoms with van der Waals surface area (Å²) in [6.45, 7) is 1.72. The quantitative estimate of drug-likeness (QED) is 0.687. The number of carbonyl (C=O) groups excluding carboxylic acids is 1. The van der Waals surface area contributed by atoms with Crippen LogP contribution in [0.15, 0.2) is 23.6 Å². The molecule has 0 aliphatic heterocycles. The Hall–Kier alpha value is -1.61. The third kappa shape index (κ3) is 2.93. The zero-order valence-electron chi connectivity index (χ0n) is 10.3. The van der Waals surface area contributed by atoms with Crippen LogP contribution >= 0.6 is 33.9 Å². The van der Waals surface area contributed by atoms with Gasteiger partial charge in [0, 0.05) is 3.57 Å². The summed E-state index contributed by atoms with van der Waals surface area (Å²) in [6, 6.07) is 4.63. The van der Waals surface area contributed by atoms with Gasteiger partial charge < -0.3 is 15.5 Å². The Morgan fingerprint density at radius 1 is 1.35 bits per heavy atom. The van der Waals surface area contributed by atoms with Crippen LogP contribution in [-0.2, 0) is 0 Å². The van der Waals surface area contributed by atoms with Gasteiger partial charge in [-0.15, -0.1) is 11.3 Å². The molecular formula is C13H10INO4S. The van der Waals surface area contributed by atoms with Crippen molar-refractivity contribution in [2.45, 2.75) is 6.92 Å². The molecule has 1 amide bonds. The number of amides is 1. The van der Waals surface area contributed by atoms with Crippen LogP contribution in [0.2, 0.25) is 0 Å². The van der Waals surface area contributed by atoms with Crippen LogP contribution in [0.3, 0.4) is 0 Å². The molecule has 0 atom stereocenters. The minimum absolute atomic E-state index is 0.0703. The van der Waals surface area contributed by atoms with E-state index in [1.54, 1.807) is 18.4 Å². The lowest BCUT2D eigenvalue weighted by Crippen LogP contribution is -2.14. The largest absolute Gasteiger partial charge is 0.507 e. The molecule has 0 bridgehead atoms. The minimum atomic E-state index is -1.09. The van der Waals surface area contributed by atoms with Crippen molar-refractivity contribution < 1.29 is 19.8 Å². The Kier molecular flexibility index (Phi) is 4.29. The maximum absolute atomic E-state index is 12.1. The third-order valence-corrected chi connectivity index (χ3v) is 4.37. The van der Waals surface area contributed by atoms with Gasteiger partial charge in [0.2, 0.25) is 0 Å². The number of hydrogen-bond donors (Lipinski definition) is 3. The van der Waals surface area contributed by atoms with Gasteiger partial charge in [-0.1, -0.05) is 0 Å². The van der Waals surface area contributed by atoms with Crippen molar-refractivity contribution in [2.75, 3.05) is 5.32 Å². The van der Waals surface area contributed by atoms with Crippen LogP contribution in [0.1, 0.15) is 25.6 Å². The monoisotopic (exact) mass is 403 g/mol. The zero-order chi connectivity index (χ0) is 14.9. The average Bonchev–Trinajstić information content (AvgIpc) is 2.74. The molecule has 1 aromatic carbocycles. The lowest BCUT2D eigenvalue weighted by atomic mass is 10.1. The molecule has 104 valence electrons. The second-order valence-electron chi connectivity index (χ2n) is 4.04. The first-order valence-electron chi connectivity index (χ1n) is 5.51. The first kappa shape index (κ1) is 14.8. The van der Waals surface area contributed by atoms with E-state index in [9.17, 15) is 14.7 Å². The van der Waals surface area contributed by atoms with Crippen molar-refractivity contribution in [1.82, 2.24) is 0 Å². The van der Waals surface area contributed by atoms with E-state index in [2.05, 4.69) is 5.32 Å². The van der Waals surface area contributed by atoms with E-state index in [-0.39, 0.29) is 21.9 Å². The van der Waals surface area contributed by atoms with E-state index < -0.39 is 11.9 Å². The maximum Gasteiger partial charge on any atom is 0.348 e. The predicted molar refractivity (Wildman–Crippen MR) is 84.8 cm³/mol. The summed E-state index contributed by atoms with van der Waals surface area (Å²) in [6.07, 6.45) is 0. The Morgan fingerprint density at radius 3 is 2.70 bits per heavy atom. The zero-order valence-corrected chi connectivity index (χ0v) is 13.3. The fraction of sp³-hybridized carbons (Fsp3) is 0.0769. The molecule has 0 saturated carbocycles. The maximum atomic E-state index is 12.1. The van der Waals surface area contributed by atoms with Crippen LogP contribution in [0.25, 0.3) is 0 Å². The molecule has 7 heteroatoms. The first-order valence-corrected chi connectivity index (χ1v) is 7.47. The van der Waals surface area contributed by atoms with Gasteiger partial charge in [-0.25, -0.2) is 4.79 Å². The molecule has 1 aromatic heterocycles. The first-order chi connectivity index (χ1) is 9.40. The summed E-state index contributed by atoms with van der Waals surface area (Å²) in [4.78, 5) is 23.3. The Bertz CT molecular complexity index is 696. The number of thiophene rings is 1.